The first-order chi connectivity index (χ1) is 13.7. The lowest BCUT2D eigenvalue weighted by molar-refractivity contribution is -0.161. The van der Waals surface area contributed by atoms with Gasteiger partial charge in [0, 0.05) is 19.6 Å². The monoisotopic (exact) mass is 443 g/mol. The predicted octanol–water partition coefficient (Wildman–Crippen LogP) is 4.22. The Morgan fingerprint density at radius 3 is 0.903 bits per heavy atom. The van der Waals surface area contributed by atoms with Gasteiger partial charge in [0.05, 0.1) is 16.2 Å². The molecule has 0 saturated heterocycles. The minimum Gasteiger partial charge on any atom is -0.461 e. The van der Waals surface area contributed by atoms with Gasteiger partial charge in [-0.3, -0.25) is 19.3 Å². The van der Waals surface area contributed by atoms with Gasteiger partial charge in [0.25, 0.3) is 0 Å². The lowest BCUT2D eigenvalue weighted by Gasteiger charge is -2.32. The Kier molecular flexibility index (Phi) is 10.7. The zero-order valence-corrected chi connectivity index (χ0v) is 21.8. The van der Waals surface area contributed by atoms with Crippen LogP contribution in [0.15, 0.2) is 0 Å². The fourth-order valence-corrected chi connectivity index (χ4v) is 2.50. The van der Waals surface area contributed by atoms with Crippen LogP contribution in [-0.4, -0.2) is 60.8 Å². The molecule has 3 unspecified atom stereocenters. The van der Waals surface area contributed by atoms with Gasteiger partial charge >= 0.3 is 17.9 Å². The van der Waals surface area contributed by atoms with E-state index in [9.17, 15) is 14.4 Å². The summed E-state index contributed by atoms with van der Waals surface area (Å²) in [5.74, 6) is -0.835. The molecule has 182 valence electrons. The molecule has 7 heteroatoms. The number of carbonyl (C=O) groups excluding carboxylic acids is 3. The normalized spacial score (nSPS) is 15.8. The molecule has 31 heavy (non-hydrogen) atoms. The van der Waals surface area contributed by atoms with Crippen LogP contribution in [0.3, 0.4) is 0 Å². The standard InChI is InChI=1S/C24H45NO6/c1-16(29-19(26)22(4,5)6)13-25(14-17(2)30-20(27)23(7,8)9)15-18(3)31-21(28)24(10,11)12/h16-18H,13-15H2,1-12H3. The summed E-state index contributed by atoms with van der Waals surface area (Å²) in [4.78, 5) is 38.7. The fraction of sp³-hybridized carbons (Fsp3) is 0.875. The molecule has 0 aliphatic rings. The van der Waals surface area contributed by atoms with E-state index in [2.05, 4.69) is 0 Å². The number of esters is 3. The van der Waals surface area contributed by atoms with Crippen molar-refractivity contribution in [3.05, 3.63) is 0 Å². The second kappa shape index (κ2) is 11.3. The first-order valence-corrected chi connectivity index (χ1v) is 11.1. The van der Waals surface area contributed by atoms with Gasteiger partial charge in [-0.15, -0.1) is 0 Å². The molecule has 0 spiro atoms. The SMILES string of the molecule is CC(CN(CC(C)OC(=O)C(C)(C)C)CC(C)OC(=O)C(C)(C)C)OC(=O)C(C)(C)C. The van der Waals surface area contributed by atoms with E-state index in [1.54, 1.807) is 0 Å². The van der Waals surface area contributed by atoms with E-state index in [-0.39, 0.29) is 36.2 Å². The summed E-state index contributed by atoms with van der Waals surface area (Å²) < 4.78 is 16.7. The van der Waals surface area contributed by atoms with Gasteiger partial charge in [0.1, 0.15) is 18.3 Å². The summed E-state index contributed by atoms with van der Waals surface area (Å²) in [5, 5.41) is 0. The van der Waals surface area contributed by atoms with E-state index in [4.69, 9.17) is 14.2 Å². The van der Waals surface area contributed by atoms with E-state index in [1.807, 2.05) is 88.0 Å². The lowest BCUT2D eigenvalue weighted by atomic mass is 9.97. The van der Waals surface area contributed by atoms with Crippen molar-refractivity contribution in [3.63, 3.8) is 0 Å². The Balaban J connectivity index is 5.21. The molecule has 0 aliphatic carbocycles. The van der Waals surface area contributed by atoms with Gasteiger partial charge in [-0.2, -0.15) is 0 Å². The zero-order chi connectivity index (χ0) is 24.8. The third kappa shape index (κ3) is 12.1. The third-order valence-electron chi connectivity index (χ3n) is 4.31. The number of rotatable bonds is 9. The number of ether oxygens (including phenoxy) is 3. The maximum absolute atomic E-state index is 12.2. The van der Waals surface area contributed by atoms with Crippen molar-refractivity contribution < 1.29 is 28.6 Å². The smallest absolute Gasteiger partial charge is 0.311 e. The Morgan fingerprint density at radius 2 is 0.742 bits per heavy atom. The average Bonchev–Trinajstić information content (AvgIpc) is 2.51. The molecule has 0 bridgehead atoms. The maximum Gasteiger partial charge on any atom is 0.311 e. The van der Waals surface area contributed by atoms with Crippen LogP contribution in [-0.2, 0) is 28.6 Å². The Morgan fingerprint density at radius 1 is 0.548 bits per heavy atom. The van der Waals surface area contributed by atoms with Crippen molar-refractivity contribution in [2.24, 2.45) is 16.2 Å². The summed E-state index contributed by atoms with van der Waals surface area (Å²) in [6.45, 7) is 23.0. The molecule has 0 radical (unpaired) electrons. The first kappa shape index (κ1) is 29.4. The van der Waals surface area contributed by atoms with Crippen LogP contribution >= 0.6 is 0 Å². The average molecular weight is 444 g/mol. The molecule has 0 aromatic rings. The number of nitrogens with zero attached hydrogens (tertiary/aromatic N) is 1. The largest absolute Gasteiger partial charge is 0.461 e. The van der Waals surface area contributed by atoms with E-state index in [1.165, 1.54) is 0 Å². The molecule has 0 aromatic heterocycles. The van der Waals surface area contributed by atoms with Crippen molar-refractivity contribution >= 4 is 17.9 Å². The Labute approximate surface area is 189 Å². The van der Waals surface area contributed by atoms with Crippen LogP contribution in [0.25, 0.3) is 0 Å². The van der Waals surface area contributed by atoms with E-state index < -0.39 is 16.2 Å². The van der Waals surface area contributed by atoms with Crippen molar-refractivity contribution in [2.45, 2.75) is 101 Å². The van der Waals surface area contributed by atoms with Crippen LogP contribution in [0, 0.1) is 16.2 Å². The summed E-state index contributed by atoms with van der Waals surface area (Å²) in [5.41, 5.74) is -1.78. The van der Waals surface area contributed by atoms with Crippen LogP contribution in [0.5, 0.6) is 0 Å². The maximum atomic E-state index is 12.2. The van der Waals surface area contributed by atoms with E-state index in [0.29, 0.717) is 19.6 Å². The van der Waals surface area contributed by atoms with Crippen LogP contribution < -0.4 is 0 Å². The van der Waals surface area contributed by atoms with Crippen LogP contribution in [0.4, 0.5) is 0 Å². The number of hydrogen-bond donors (Lipinski definition) is 0. The molecule has 0 amide bonds. The van der Waals surface area contributed by atoms with Gasteiger partial charge < -0.3 is 14.2 Å². The summed E-state index contributed by atoms with van der Waals surface area (Å²) in [7, 11) is 0. The predicted molar refractivity (Wildman–Crippen MR) is 121 cm³/mol. The molecule has 0 fully saturated rings. The molecule has 0 heterocycles. The van der Waals surface area contributed by atoms with Crippen molar-refractivity contribution in [2.75, 3.05) is 19.6 Å². The molecule has 7 nitrogen and oxygen atoms in total. The van der Waals surface area contributed by atoms with Crippen LogP contribution in [0.2, 0.25) is 0 Å². The number of hydrogen-bond acceptors (Lipinski definition) is 7. The van der Waals surface area contributed by atoms with Gasteiger partial charge in [0.15, 0.2) is 0 Å². The van der Waals surface area contributed by atoms with Gasteiger partial charge in [-0.25, -0.2) is 0 Å². The molecular formula is C24H45NO6. The summed E-state index contributed by atoms with van der Waals surface area (Å²) in [6.07, 6.45) is -1.12. The first-order valence-electron chi connectivity index (χ1n) is 11.1. The minimum absolute atomic E-state index is 0.278. The molecule has 0 rings (SSSR count). The summed E-state index contributed by atoms with van der Waals surface area (Å²) in [6, 6.07) is 0. The summed E-state index contributed by atoms with van der Waals surface area (Å²) >= 11 is 0. The van der Waals surface area contributed by atoms with Crippen molar-refractivity contribution in [3.8, 4) is 0 Å². The molecule has 0 aliphatic heterocycles. The Hall–Kier alpha value is -1.63. The topological polar surface area (TPSA) is 82.1 Å². The molecular weight excluding hydrogens is 398 g/mol. The molecule has 0 aromatic carbocycles. The Bertz CT molecular complexity index is 523. The highest BCUT2D eigenvalue weighted by Gasteiger charge is 2.30. The number of carbonyl (C=O) groups is 3. The second-order valence-corrected chi connectivity index (χ2v) is 11.6. The molecule has 0 N–H and O–H groups in total. The van der Waals surface area contributed by atoms with Crippen LogP contribution in [0.1, 0.15) is 83.1 Å². The lowest BCUT2D eigenvalue weighted by Crippen LogP contribution is -2.45. The second-order valence-electron chi connectivity index (χ2n) is 11.6. The van der Waals surface area contributed by atoms with Crippen molar-refractivity contribution in [1.29, 1.82) is 0 Å². The van der Waals surface area contributed by atoms with E-state index >= 15 is 0 Å². The molecule has 3 atom stereocenters. The zero-order valence-electron chi connectivity index (χ0n) is 21.8. The van der Waals surface area contributed by atoms with Crippen molar-refractivity contribution in [1.82, 2.24) is 4.90 Å². The van der Waals surface area contributed by atoms with Gasteiger partial charge in [0.2, 0.25) is 0 Å². The highest BCUT2D eigenvalue weighted by molar-refractivity contribution is 5.76. The third-order valence-corrected chi connectivity index (χ3v) is 4.31. The quantitative estimate of drug-likeness (QED) is 0.390. The van der Waals surface area contributed by atoms with Gasteiger partial charge in [-0.05, 0) is 83.1 Å². The highest BCUT2D eigenvalue weighted by atomic mass is 16.6. The fourth-order valence-electron chi connectivity index (χ4n) is 2.50. The van der Waals surface area contributed by atoms with E-state index in [0.717, 1.165) is 0 Å². The molecule has 0 saturated carbocycles. The highest BCUT2D eigenvalue weighted by Crippen LogP contribution is 2.20. The van der Waals surface area contributed by atoms with Gasteiger partial charge in [-0.1, -0.05) is 0 Å². The minimum atomic E-state index is -0.593.